The van der Waals surface area contributed by atoms with E-state index in [0.29, 0.717) is 19.7 Å². The number of amides is 1. The SMILES string of the molecule is CCOC(=O)/C=C/CN(C)CC(=O)N1CCNCC1. The molecule has 1 heterocycles. The minimum absolute atomic E-state index is 0.133. The molecule has 6 heteroatoms. The van der Waals surface area contributed by atoms with Crippen LogP contribution in [0.5, 0.6) is 0 Å². The highest BCUT2D eigenvalue weighted by molar-refractivity contribution is 5.82. The number of hydrogen-bond acceptors (Lipinski definition) is 5. The average Bonchev–Trinajstić information content (AvgIpc) is 2.40. The van der Waals surface area contributed by atoms with E-state index in [2.05, 4.69) is 5.32 Å². The fraction of sp³-hybridized carbons (Fsp3) is 0.692. The number of carbonyl (C=O) groups excluding carboxylic acids is 2. The standard InChI is InChI=1S/C13H23N3O3/c1-3-19-13(18)5-4-8-15(2)11-12(17)16-9-6-14-7-10-16/h4-5,14H,3,6-11H2,1-2H3/b5-4+. The number of rotatable bonds is 6. The number of ether oxygens (including phenoxy) is 1. The monoisotopic (exact) mass is 269 g/mol. The number of nitrogens with zero attached hydrogens (tertiary/aromatic N) is 2. The first-order valence-corrected chi connectivity index (χ1v) is 6.63. The van der Waals surface area contributed by atoms with Gasteiger partial charge in [-0.25, -0.2) is 4.79 Å². The van der Waals surface area contributed by atoms with E-state index in [-0.39, 0.29) is 11.9 Å². The number of piperazine rings is 1. The van der Waals surface area contributed by atoms with Crippen molar-refractivity contribution in [3.63, 3.8) is 0 Å². The zero-order valence-electron chi connectivity index (χ0n) is 11.7. The molecule has 0 saturated carbocycles. The van der Waals surface area contributed by atoms with Crippen molar-refractivity contribution in [2.45, 2.75) is 6.92 Å². The zero-order valence-corrected chi connectivity index (χ0v) is 11.7. The quantitative estimate of drug-likeness (QED) is 0.519. The van der Waals surface area contributed by atoms with Crippen molar-refractivity contribution in [1.29, 1.82) is 0 Å². The Morgan fingerprint density at radius 3 is 2.68 bits per heavy atom. The molecule has 0 radical (unpaired) electrons. The van der Waals surface area contributed by atoms with E-state index in [9.17, 15) is 9.59 Å². The Morgan fingerprint density at radius 2 is 2.05 bits per heavy atom. The van der Waals surface area contributed by atoms with E-state index in [4.69, 9.17) is 4.74 Å². The molecule has 0 bridgehead atoms. The van der Waals surface area contributed by atoms with E-state index in [1.165, 1.54) is 6.08 Å². The molecule has 1 amide bonds. The summed E-state index contributed by atoms with van der Waals surface area (Å²) in [5.41, 5.74) is 0. The maximum absolute atomic E-state index is 11.9. The summed E-state index contributed by atoms with van der Waals surface area (Å²) in [5, 5.41) is 3.21. The van der Waals surface area contributed by atoms with E-state index >= 15 is 0 Å². The van der Waals surface area contributed by atoms with Gasteiger partial charge in [0.1, 0.15) is 0 Å². The van der Waals surface area contributed by atoms with Gasteiger partial charge in [-0.15, -0.1) is 0 Å². The normalized spacial score (nSPS) is 16.1. The van der Waals surface area contributed by atoms with Crippen LogP contribution in [0.15, 0.2) is 12.2 Å². The van der Waals surface area contributed by atoms with Gasteiger partial charge in [0.2, 0.25) is 5.91 Å². The van der Waals surface area contributed by atoms with Crippen LogP contribution in [0.3, 0.4) is 0 Å². The third kappa shape index (κ3) is 6.35. The average molecular weight is 269 g/mol. The fourth-order valence-corrected chi connectivity index (χ4v) is 1.83. The first-order valence-electron chi connectivity index (χ1n) is 6.63. The van der Waals surface area contributed by atoms with E-state index in [0.717, 1.165) is 26.2 Å². The fourth-order valence-electron chi connectivity index (χ4n) is 1.83. The van der Waals surface area contributed by atoms with Crippen LogP contribution in [0.25, 0.3) is 0 Å². The van der Waals surface area contributed by atoms with Gasteiger partial charge in [0.15, 0.2) is 0 Å². The molecule has 19 heavy (non-hydrogen) atoms. The lowest BCUT2D eigenvalue weighted by Crippen LogP contribution is -2.49. The Labute approximate surface area is 114 Å². The zero-order chi connectivity index (χ0) is 14.1. The number of hydrogen-bond donors (Lipinski definition) is 1. The molecule has 0 aromatic rings. The van der Waals surface area contributed by atoms with Gasteiger partial charge in [0, 0.05) is 38.8 Å². The Balaban J connectivity index is 2.24. The molecule has 1 aliphatic heterocycles. The molecule has 1 fully saturated rings. The summed E-state index contributed by atoms with van der Waals surface area (Å²) in [6, 6.07) is 0. The second kappa shape index (κ2) is 8.66. The Bertz CT molecular complexity index is 325. The van der Waals surface area contributed by atoms with Crippen molar-refractivity contribution in [3.05, 3.63) is 12.2 Å². The molecule has 0 aromatic carbocycles. The highest BCUT2D eigenvalue weighted by atomic mass is 16.5. The van der Waals surface area contributed by atoms with Crippen molar-refractivity contribution < 1.29 is 14.3 Å². The van der Waals surface area contributed by atoms with Gasteiger partial charge in [0.25, 0.3) is 0 Å². The van der Waals surface area contributed by atoms with E-state index in [1.54, 1.807) is 13.0 Å². The lowest BCUT2D eigenvalue weighted by molar-refractivity contribution is -0.137. The van der Waals surface area contributed by atoms with Crippen molar-refractivity contribution in [2.24, 2.45) is 0 Å². The summed E-state index contributed by atoms with van der Waals surface area (Å²) in [6.07, 6.45) is 3.11. The van der Waals surface area contributed by atoms with Gasteiger partial charge in [-0.05, 0) is 14.0 Å². The molecule has 108 valence electrons. The van der Waals surface area contributed by atoms with Crippen LogP contribution in [0, 0.1) is 0 Å². The lowest BCUT2D eigenvalue weighted by atomic mass is 10.3. The van der Waals surface area contributed by atoms with Crippen molar-refractivity contribution in [2.75, 3.05) is 52.9 Å². The van der Waals surface area contributed by atoms with Crippen LogP contribution in [0.2, 0.25) is 0 Å². The van der Waals surface area contributed by atoms with Crippen LogP contribution in [-0.2, 0) is 14.3 Å². The molecule has 1 aliphatic rings. The maximum atomic E-state index is 11.9. The molecule has 1 N–H and O–H groups in total. The van der Waals surface area contributed by atoms with Gasteiger partial charge in [-0.1, -0.05) is 6.08 Å². The number of esters is 1. The Morgan fingerprint density at radius 1 is 1.37 bits per heavy atom. The third-order valence-electron chi connectivity index (χ3n) is 2.83. The Kier molecular flexibility index (Phi) is 7.14. The van der Waals surface area contributed by atoms with Crippen LogP contribution >= 0.6 is 0 Å². The number of likely N-dealkylation sites (N-methyl/N-ethyl adjacent to an activating group) is 1. The summed E-state index contributed by atoms with van der Waals surface area (Å²) in [7, 11) is 1.86. The number of nitrogens with one attached hydrogen (secondary N) is 1. The second-order valence-corrected chi connectivity index (χ2v) is 4.48. The number of carbonyl (C=O) groups is 2. The molecule has 0 unspecified atom stereocenters. The molecule has 6 nitrogen and oxygen atoms in total. The van der Waals surface area contributed by atoms with Crippen molar-refractivity contribution in [3.8, 4) is 0 Å². The van der Waals surface area contributed by atoms with Crippen LogP contribution in [-0.4, -0.2) is 74.6 Å². The molecule has 0 aromatic heterocycles. The lowest BCUT2D eigenvalue weighted by Gasteiger charge is -2.29. The minimum atomic E-state index is -0.343. The summed E-state index contributed by atoms with van der Waals surface area (Å²) in [5.74, 6) is -0.210. The second-order valence-electron chi connectivity index (χ2n) is 4.48. The molecular formula is C13H23N3O3. The first-order chi connectivity index (χ1) is 9.13. The first kappa shape index (κ1) is 15.7. The molecule has 0 aliphatic carbocycles. The predicted octanol–water partition coefficient (Wildman–Crippen LogP) is -0.531. The van der Waals surface area contributed by atoms with E-state index < -0.39 is 0 Å². The predicted molar refractivity (Wildman–Crippen MR) is 72.7 cm³/mol. The van der Waals surface area contributed by atoms with Gasteiger partial charge < -0.3 is 15.0 Å². The summed E-state index contributed by atoms with van der Waals surface area (Å²) >= 11 is 0. The van der Waals surface area contributed by atoms with Crippen molar-refractivity contribution >= 4 is 11.9 Å². The van der Waals surface area contributed by atoms with Gasteiger partial charge in [-0.2, -0.15) is 0 Å². The summed E-state index contributed by atoms with van der Waals surface area (Å²) < 4.78 is 4.77. The Hall–Kier alpha value is -1.40. The van der Waals surface area contributed by atoms with Gasteiger partial charge in [-0.3, -0.25) is 9.69 Å². The largest absolute Gasteiger partial charge is 0.463 e. The smallest absolute Gasteiger partial charge is 0.330 e. The molecule has 0 spiro atoms. The van der Waals surface area contributed by atoms with Crippen LogP contribution in [0.4, 0.5) is 0 Å². The molecule has 1 saturated heterocycles. The van der Waals surface area contributed by atoms with Crippen LogP contribution < -0.4 is 5.32 Å². The summed E-state index contributed by atoms with van der Waals surface area (Å²) in [6.45, 7) is 6.32. The van der Waals surface area contributed by atoms with Crippen molar-refractivity contribution in [1.82, 2.24) is 15.1 Å². The highest BCUT2D eigenvalue weighted by Crippen LogP contribution is 1.95. The maximum Gasteiger partial charge on any atom is 0.330 e. The van der Waals surface area contributed by atoms with Gasteiger partial charge >= 0.3 is 5.97 Å². The van der Waals surface area contributed by atoms with Crippen LogP contribution in [0.1, 0.15) is 6.92 Å². The highest BCUT2D eigenvalue weighted by Gasteiger charge is 2.16. The molecule has 0 atom stereocenters. The molecular weight excluding hydrogens is 246 g/mol. The topological polar surface area (TPSA) is 61.9 Å². The third-order valence-corrected chi connectivity index (χ3v) is 2.83. The molecule has 1 rings (SSSR count). The summed E-state index contributed by atoms with van der Waals surface area (Å²) in [4.78, 5) is 26.8. The van der Waals surface area contributed by atoms with Gasteiger partial charge in [0.05, 0.1) is 13.2 Å². The minimum Gasteiger partial charge on any atom is -0.463 e. The van der Waals surface area contributed by atoms with E-state index in [1.807, 2.05) is 16.8 Å².